The summed E-state index contributed by atoms with van der Waals surface area (Å²) in [5, 5.41) is 6.38. The molecule has 140 valence electrons. The Balaban J connectivity index is 1.52. The summed E-state index contributed by atoms with van der Waals surface area (Å²) < 4.78 is 33.6. The fraction of sp³-hybridized carbons (Fsp3) is 0.0500. The minimum Gasteiger partial charge on any atom is -0.334 e. The number of nitrogens with zero attached hydrogens (tertiary/aromatic N) is 3. The van der Waals surface area contributed by atoms with Gasteiger partial charge in [0, 0.05) is 17.8 Å². The molecule has 0 saturated carbocycles. The Morgan fingerprint density at radius 2 is 1.89 bits per heavy atom. The third-order valence-corrected chi connectivity index (χ3v) is 4.03. The SMILES string of the molecule is O=C(Cn1cccc1-c1nc(-c2ccccc2)no1)Nc1ccc(F)cc1F. The van der Waals surface area contributed by atoms with E-state index < -0.39 is 17.5 Å². The van der Waals surface area contributed by atoms with Gasteiger partial charge in [0.1, 0.15) is 23.9 Å². The maximum atomic E-state index is 13.7. The monoisotopic (exact) mass is 380 g/mol. The van der Waals surface area contributed by atoms with Gasteiger partial charge in [0.25, 0.3) is 5.89 Å². The fourth-order valence-electron chi connectivity index (χ4n) is 2.71. The largest absolute Gasteiger partial charge is 0.334 e. The predicted molar refractivity (Wildman–Crippen MR) is 98.1 cm³/mol. The van der Waals surface area contributed by atoms with Crippen LogP contribution in [0.5, 0.6) is 0 Å². The van der Waals surface area contributed by atoms with E-state index in [0.29, 0.717) is 17.6 Å². The van der Waals surface area contributed by atoms with Crippen molar-refractivity contribution in [3.63, 3.8) is 0 Å². The molecule has 8 heteroatoms. The number of aromatic nitrogens is 3. The topological polar surface area (TPSA) is 73.0 Å². The van der Waals surface area contributed by atoms with E-state index in [9.17, 15) is 13.6 Å². The molecule has 1 N–H and O–H groups in total. The Bertz CT molecular complexity index is 1120. The fourth-order valence-corrected chi connectivity index (χ4v) is 2.71. The lowest BCUT2D eigenvalue weighted by Crippen LogP contribution is -2.19. The highest BCUT2D eigenvalue weighted by Crippen LogP contribution is 2.23. The molecule has 0 aliphatic rings. The van der Waals surface area contributed by atoms with Crippen molar-refractivity contribution in [3.05, 3.63) is 78.5 Å². The zero-order valence-electron chi connectivity index (χ0n) is 14.5. The van der Waals surface area contributed by atoms with Gasteiger partial charge in [0.15, 0.2) is 0 Å². The first-order valence-corrected chi connectivity index (χ1v) is 8.40. The lowest BCUT2D eigenvalue weighted by Gasteiger charge is -2.09. The van der Waals surface area contributed by atoms with Gasteiger partial charge in [0.05, 0.1) is 5.69 Å². The zero-order chi connectivity index (χ0) is 19.5. The maximum absolute atomic E-state index is 13.7. The number of hydrogen-bond acceptors (Lipinski definition) is 4. The van der Waals surface area contributed by atoms with Gasteiger partial charge in [-0.3, -0.25) is 4.79 Å². The first-order chi connectivity index (χ1) is 13.6. The van der Waals surface area contributed by atoms with Gasteiger partial charge >= 0.3 is 0 Å². The van der Waals surface area contributed by atoms with Crippen LogP contribution >= 0.6 is 0 Å². The highest BCUT2D eigenvalue weighted by molar-refractivity contribution is 5.91. The molecule has 2 aromatic heterocycles. The van der Waals surface area contributed by atoms with E-state index in [2.05, 4.69) is 15.5 Å². The predicted octanol–water partition coefficient (Wildman–Crippen LogP) is 4.12. The lowest BCUT2D eigenvalue weighted by atomic mass is 10.2. The molecule has 6 nitrogen and oxygen atoms in total. The van der Waals surface area contributed by atoms with Crippen LogP contribution in [-0.4, -0.2) is 20.6 Å². The number of rotatable bonds is 5. The Morgan fingerprint density at radius 3 is 2.68 bits per heavy atom. The zero-order valence-corrected chi connectivity index (χ0v) is 14.5. The summed E-state index contributed by atoms with van der Waals surface area (Å²) in [5.41, 5.74) is 1.26. The van der Waals surface area contributed by atoms with Gasteiger partial charge in [0.2, 0.25) is 11.7 Å². The van der Waals surface area contributed by atoms with Crippen LogP contribution < -0.4 is 5.32 Å². The van der Waals surface area contributed by atoms with Crippen LogP contribution in [0.15, 0.2) is 71.4 Å². The summed E-state index contributed by atoms with van der Waals surface area (Å²) in [5.74, 6) is -1.35. The smallest absolute Gasteiger partial charge is 0.274 e. The molecule has 4 aromatic rings. The summed E-state index contributed by atoms with van der Waals surface area (Å²) in [7, 11) is 0. The third kappa shape index (κ3) is 3.66. The van der Waals surface area contributed by atoms with Crippen molar-refractivity contribution >= 4 is 11.6 Å². The number of benzene rings is 2. The van der Waals surface area contributed by atoms with Crippen LogP contribution in [0, 0.1) is 11.6 Å². The van der Waals surface area contributed by atoms with Gasteiger partial charge in [-0.1, -0.05) is 35.5 Å². The van der Waals surface area contributed by atoms with Crippen LogP contribution in [0.25, 0.3) is 23.0 Å². The normalized spacial score (nSPS) is 10.8. The number of hydrogen-bond donors (Lipinski definition) is 1. The number of carbonyl (C=O) groups excluding carboxylic acids is 1. The Kier molecular flexibility index (Phi) is 4.67. The van der Waals surface area contributed by atoms with Crippen LogP contribution in [0.1, 0.15) is 0 Å². The first-order valence-electron chi connectivity index (χ1n) is 8.40. The van der Waals surface area contributed by atoms with Crippen molar-refractivity contribution in [2.24, 2.45) is 0 Å². The van der Waals surface area contributed by atoms with Crippen LogP contribution in [0.2, 0.25) is 0 Å². The van der Waals surface area contributed by atoms with Crippen LogP contribution in [-0.2, 0) is 11.3 Å². The molecular weight excluding hydrogens is 366 g/mol. The first kappa shape index (κ1) is 17.6. The van der Waals surface area contributed by atoms with Gasteiger partial charge in [-0.25, -0.2) is 8.78 Å². The Hall–Kier alpha value is -3.81. The summed E-state index contributed by atoms with van der Waals surface area (Å²) in [6, 6.07) is 15.8. The summed E-state index contributed by atoms with van der Waals surface area (Å²) in [6.07, 6.45) is 1.67. The molecular formula is C20H14F2N4O2. The molecule has 0 spiro atoms. The average molecular weight is 380 g/mol. The molecule has 1 amide bonds. The van der Waals surface area contributed by atoms with Crippen molar-refractivity contribution in [2.45, 2.75) is 6.54 Å². The molecule has 0 aliphatic carbocycles. The second-order valence-electron chi connectivity index (χ2n) is 5.98. The molecule has 0 bridgehead atoms. The van der Waals surface area contributed by atoms with Crippen molar-refractivity contribution in [2.75, 3.05) is 5.32 Å². The number of halogens is 2. The molecule has 0 saturated heterocycles. The molecule has 0 unspecified atom stereocenters. The molecule has 0 aliphatic heterocycles. The van der Waals surface area contributed by atoms with Crippen molar-refractivity contribution < 1.29 is 18.1 Å². The minimum absolute atomic E-state index is 0.0933. The van der Waals surface area contributed by atoms with Gasteiger partial charge < -0.3 is 14.4 Å². The maximum Gasteiger partial charge on any atom is 0.274 e. The summed E-state index contributed by atoms with van der Waals surface area (Å²) >= 11 is 0. The summed E-state index contributed by atoms with van der Waals surface area (Å²) in [4.78, 5) is 16.6. The molecule has 2 aromatic carbocycles. The third-order valence-electron chi connectivity index (χ3n) is 4.03. The Labute approximate surface area is 158 Å². The standard InChI is InChI=1S/C20H14F2N4O2/c21-14-8-9-16(15(22)11-14)23-18(27)12-26-10-4-7-17(26)20-24-19(25-28-20)13-5-2-1-3-6-13/h1-11H,12H2,(H,23,27). The number of carbonyl (C=O) groups is 1. The lowest BCUT2D eigenvalue weighted by molar-refractivity contribution is -0.116. The van der Waals surface area contributed by atoms with E-state index in [1.54, 1.807) is 22.9 Å². The molecule has 28 heavy (non-hydrogen) atoms. The Morgan fingerprint density at radius 1 is 1.07 bits per heavy atom. The number of amides is 1. The highest BCUT2D eigenvalue weighted by atomic mass is 19.1. The summed E-state index contributed by atoms with van der Waals surface area (Å²) in [6.45, 7) is -0.109. The molecule has 0 atom stereocenters. The van der Waals surface area contributed by atoms with Crippen molar-refractivity contribution in [1.82, 2.24) is 14.7 Å². The van der Waals surface area contributed by atoms with Crippen LogP contribution in [0.3, 0.4) is 0 Å². The average Bonchev–Trinajstić information content (AvgIpc) is 3.34. The van der Waals surface area contributed by atoms with Gasteiger partial charge in [-0.2, -0.15) is 4.98 Å². The van der Waals surface area contributed by atoms with Crippen molar-refractivity contribution in [3.8, 4) is 23.0 Å². The highest BCUT2D eigenvalue weighted by Gasteiger charge is 2.16. The van der Waals surface area contributed by atoms with Crippen LogP contribution in [0.4, 0.5) is 14.5 Å². The molecule has 4 rings (SSSR count). The van der Waals surface area contributed by atoms with Gasteiger partial charge in [-0.15, -0.1) is 0 Å². The van der Waals surface area contributed by atoms with E-state index in [1.807, 2.05) is 30.3 Å². The van der Waals surface area contributed by atoms with E-state index in [-0.39, 0.29) is 18.1 Å². The number of nitrogens with one attached hydrogen (secondary N) is 1. The number of anilines is 1. The molecule has 2 heterocycles. The molecule has 0 fully saturated rings. The van der Waals surface area contributed by atoms with E-state index >= 15 is 0 Å². The second kappa shape index (κ2) is 7.43. The second-order valence-corrected chi connectivity index (χ2v) is 5.98. The van der Waals surface area contributed by atoms with Gasteiger partial charge in [-0.05, 0) is 24.3 Å². The van der Waals surface area contributed by atoms with E-state index in [0.717, 1.165) is 11.6 Å². The molecule has 0 radical (unpaired) electrons. The van der Waals surface area contributed by atoms with E-state index in [4.69, 9.17) is 4.52 Å². The van der Waals surface area contributed by atoms with Crippen molar-refractivity contribution in [1.29, 1.82) is 0 Å². The van der Waals surface area contributed by atoms with E-state index in [1.165, 1.54) is 6.07 Å². The minimum atomic E-state index is -0.842. The quantitative estimate of drug-likeness (QED) is 0.565.